The maximum atomic E-state index is 12.9. The monoisotopic (exact) mass is 706 g/mol. The summed E-state index contributed by atoms with van der Waals surface area (Å²) in [5, 5.41) is 8.32. The Labute approximate surface area is 307 Å². The number of hydrogen-bond donors (Lipinski definition) is 0. The number of halogens is 1. The second-order valence-corrected chi connectivity index (χ2v) is 19.2. The molecule has 0 heterocycles. The van der Waals surface area contributed by atoms with E-state index in [0.29, 0.717) is 59.8 Å². The van der Waals surface area contributed by atoms with E-state index in [2.05, 4.69) is 63.7 Å². The highest BCUT2D eigenvalue weighted by atomic mass is 35.5. The minimum Gasteiger partial charge on any atom is -0.478 e. The molecule has 0 saturated heterocycles. The summed E-state index contributed by atoms with van der Waals surface area (Å²) in [6, 6.07) is 0. The Bertz CT molecular complexity index is 1460. The standard InChI is InChI=1S/C43H63ClN2O4/c1-27(2)31-15-21-43(26-49-37(46-45-8)23-29-9-11-30(44)12-10-29)22-17-34-32(39(31)43)13-14-36-41(6)20-18-35(50-38(48)24-40(4,5)25-47)28(3)33(41)16-19-42(34,36)7/h9-11,25,27-28,30,32-36H,8,12-24,26H2,1-7H3/b46-37-. The van der Waals surface area contributed by atoms with E-state index in [1.807, 2.05) is 19.9 Å². The predicted molar refractivity (Wildman–Crippen MR) is 203 cm³/mol. The predicted octanol–water partition coefficient (Wildman–Crippen LogP) is 10.4. The van der Waals surface area contributed by atoms with E-state index in [9.17, 15) is 9.59 Å². The fourth-order valence-electron chi connectivity index (χ4n) is 12.4. The van der Waals surface area contributed by atoms with E-state index in [1.54, 1.807) is 11.1 Å². The van der Waals surface area contributed by atoms with Gasteiger partial charge in [0.05, 0.1) is 24.8 Å². The molecule has 6 rings (SSSR count). The van der Waals surface area contributed by atoms with Gasteiger partial charge in [0.1, 0.15) is 12.4 Å². The summed E-state index contributed by atoms with van der Waals surface area (Å²) in [6.07, 6.45) is 20.6. The topological polar surface area (TPSA) is 77.3 Å². The lowest BCUT2D eigenvalue weighted by Crippen LogP contribution is -2.60. The summed E-state index contributed by atoms with van der Waals surface area (Å²) < 4.78 is 12.8. The zero-order chi connectivity index (χ0) is 36.1. The molecule has 0 spiro atoms. The van der Waals surface area contributed by atoms with Crippen molar-refractivity contribution < 1.29 is 19.1 Å². The highest BCUT2D eigenvalue weighted by molar-refractivity contribution is 6.22. The van der Waals surface area contributed by atoms with Crippen molar-refractivity contribution in [1.29, 1.82) is 0 Å². The quantitative estimate of drug-likeness (QED) is 0.0431. The molecule has 0 aromatic rings. The van der Waals surface area contributed by atoms with Crippen molar-refractivity contribution in [2.24, 2.45) is 67.4 Å². The molecule has 0 N–H and O–H groups in total. The number of allylic oxidation sites excluding steroid dienone is 4. The number of carbonyl (C=O) groups excluding carboxylic acids is 2. The van der Waals surface area contributed by atoms with Crippen LogP contribution in [0.1, 0.15) is 132 Å². The van der Waals surface area contributed by atoms with Gasteiger partial charge in [-0.3, -0.25) is 4.79 Å². The van der Waals surface area contributed by atoms with E-state index >= 15 is 0 Å². The summed E-state index contributed by atoms with van der Waals surface area (Å²) in [5.74, 6) is 3.84. The molecule has 0 radical (unpaired) electrons. The van der Waals surface area contributed by atoms with Crippen molar-refractivity contribution in [3.8, 4) is 0 Å². The van der Waals surface area contributed by atoms with Gasteiger partial charge in [-0.1, -0.05) is 77.8 Å². The number of nitrogens with zero attached hydrogens (tertiary/aromatic N) is 2. The van der Waals surface area contributed by atoms with Crippen LogP contribution < -0.4 is 0 Å². The van der Waals surface area contributed by atoms with Gasteiger partial charge in [0, 0.05) is 17.5 Å². The average Bonchev–Trinajstić information content (AvgIpc) is 3.46. The fraction of sp³-hybridized carbons (Fsp3) is 0.767. The molecule has 6 aliphatic carbocycles. The van der Waals surface area contributed by atoms with Crippen LogP contribution in [0.3, 0.4) is 0 Å². The second-order valence-electron chi connectivity index (χ2n) is 18.6. The molecule has 0 bridgehead atoms. The average molecular weight is 707 g/mol. The van der Waals surface area contributed by atoms with Crippen LogP contribution in [0.25, 0.3) is 0 Å². The molecule has 4 saturated carbocycles. The first-order chi connectivity index (χ1) is 23.7. The number of aldehydes is 1. The van der Waals surface area contributed by atoms with Gasteiger partial charge in [-0.15, -0.1) is 16.7 Å². The van der Waals surface area contributed by atoms with Gasteiger partial charge in [-0.25, -0.2) is 0 Å². The highest BCUT2D eigenvalue weighted by Gasteiger charge is 2.64. The van der Waals surface area contributed by atoms with Gasteiger partial charge in [0.25, 0.3) is 0 Å². The van der Waals surface area contributed by atoms with Crippen molar-refractivity contribution in [3.05, 3.63) is 34.9 Å². The fourth-order valence-corrected chi connectivity index (χ4v) is 12.6. The first kappa shape index (κ1) is 37.5. The van der Waals surface area contributed by atoms with Crippen LogP contribution in [0.5, 0.6) is 0 Å². The third kappa shape index (κ3) is 6.85. The normalized spacial score (nSPS) is 39.9. The van der Waals surface area contributed by atoms with Gasteiger partial charge in [0.15, 0.2) is 0 Å². The van der Waals surface area contributed by atoms with Crippen molar-refractivity contribution in [2.75, 3.05) is 6.61 Å². The van der Waals surface area contributed by atoms with E-state index in [1.165, 1.54) is 56.9 Å². The molecular formula is C43H63ClN2O4. The summed E-state index contributed by atoms with van der Waals surface area (Å²) in [4.78, 5) is 24.4. The molecule has 10 atom stereocenters. The molecule has 276 valence electrons. The number of alkyl halides is 1. The Kier molecular flexibility index (Phi) is 10.7. The van der Waals surface area contributed by atoms with E-state index in [4.69, 9.17) is 21.1 Å². The number of carbonyl (C=O) groups is 2. The Balaban J connectivity index is 1.20. The maximum absolute atomic E-state index is 12.9. The molecule has 4 fully saturated rings. The smallest absolute Gasteiger partial charge is 0.307 e. The Hall–Kier alpha value is -2.21. The van der Waals surface area contributed by atoms with Gasteiger partial charge in [0.2, 0.25) is 5.90 Å². The van der Waals surface area contributed by atoms with Crippen LogP contribution in [-0.2, 0) is 19.1 Å². The van der Waals surface area contributed by atoms with Crippen LogP contribution in [0.4, 0.5) is 0 Å². The number of fused-ring (bicyclic) bond motifs is 7. The van der Waals surface area contributed by atoms with Crippen LogP contribution >= 0.6 is 11.6 Å². The van der Waals surface area contributed by atoms with E-state index < -0.39 is 5.41 Å². The lowest BCUT2D eigenvalue weighted by atomic mass is 9.38. The minimum atomic E-state index is -0.680. The molecule has 6 nitrogen and oxygen atoms in total. The Morgan fingerprint density at radius 2 is 1.80 bits per heavy atom. The van der Waals surface area contributed by atoms with Crippen LogP contribution in [0.2, 0.25) is 0 Å². The van der Waals surface area contributed by atoms with Gasteiger partial charge in [-0.05, 0) is 123 Å². The molecule has 7 heteroatoms. The third-order valence-electron chi connectivity index (χ3n) is 14.9. The molecule has 0 aromatic carbocycles. The second kappa shape index (κ2) is 14.3. The summed E-state index contributed by atoms with van der Waals surface area (Å²) >= 11 is 6.29. The summed E-state index contributed by atoms with van der Waals surface area (Å²) in [7, 11) is 0. The van der Waals surface area contributed by atoms with Crippen molar-refractivity contribution in [2.45, 2.75) is 143 Å². The van der Waals surface area contributed by atoms with Gasteiger partial charge < -0.3 is 14.3 Å². The van der Waals surface area contributed by atoms with Gasteiger partial charge >= 0.3 is 5.97 Å². The number of esters is 1. The lowest BCUT2D eigenvalue weighted by molar-refractivity contribution is -0.191. The molecule has 0 amide bonds. The van der Waals surface area contributed by atoms with Crippen molar-refractivity contribution in [3.63, 3.8) is 0 Å². The van der Waals surface area contributed by atoms with Crippen molar-refractivity contribution in [1.82, 2.24) is 0 Å². The van der Waals surface area contributed by atoms with E-state index in [0.717, 1.165) is 25.5 Å². The lowest BCUT2D eigenvalue weighted by Gasteiger charge is -2.67. The Morgan fingerprint density at radius 3 is 2.48 bits per heavy atom. The van der Waals surface area contributed by atoms with Gasteiger partial charge in [-0.2, -0.15) is 5.10 Å². The number of hydrogen-bond acceptors (Lipinski definition) is 6. The molecule has 10 unspecified atom stereocenters. The highest BCUT2D eigenvalue weighted by Crippen LogP contribution is 2.72. The summed E-state index contributed by atoms with van der Waals surface area (Å²) in [6.45, 7) is 20.3. The molecule has 0 aliphatic heterocycles. The number of ether oxygens (including phenoxy) is 2. The maximum Gasteiger partial charge on any atom is 0.307 e. The zero-order valence-electron chi connectivity index (χ0n) is 31.9. The SMILES string of the molecule is C=N/N=C(/CC1=CCC(Cl)C=C1)OCC12CCC(C(C)C)=C1C1CCC3C(C)(CCC4C(C)C(OC(=O)CC(C)(C)C=O)CCC43C)C1CC2. The van der Waals surface area contributed by atoms with Crippen LogP contribution in [0, 0.1) is 57.2 Å². The summed E-state index contributed by atoms with van der Waals surface area (Å²) in [5.41, 5.74) is 4.57. The van der Waals surface area contributed by atoms with E-state index in [-0.39, 0.29) is 34.7 Å². The third-order valence-corrected chi connectivity index (χ3v) is 15.2. The molecule has 0 aromatic heterocycles. The first-order valence-corrected chi connectivity index (χ1v) is 20.2. The minimum absolute atomic E-state index is 0.0522. The zero-order valence-corrected chi connectivity index (χ0v) is 32.7. The first-order valence-electron chi connectivity index (χ1n) is 19.7. The van der Waals surface area contributed by atoms with Crippen LogP contribution in [0.15, 0.2) is 45.2 Å². The van der Waals surface area contributed by atoms with Crippen molar-refractivity contribution >= 4 is 36.5 Å². The van der Waals surface area contributed by atoms with Crippen LogP contribution in [-0.4, -0.2) is 43.0 Å². The Morgan fingerprint density at radius 1 is 1.08 bits per heavy atom. The molecule has 50 heavy (non-hydrogen) atoms. The molecule has 6 aliphatic rings. The largest absolute Gasteiger partial charge is 0.478 e. The number of rotatable bonds is 10. The molecular weight excluding hydrogens is 644 g/mol.